The lowest BCUT2D eigenvalue weighted by atomic mass is 10.1. The van der Waals surface area contributed by atoms with Crippen LogP contribution in [0.4, 0.5) is 0 Å². The van der Waals surface area contributed by atoms with Crippen LogP contribution in [0.15, 0.2) is 24.3 Å². The van der Waals surface area contributed by atoms with Crippen molar-refractivity contribution in [2.24, 2.45) is 0 Å². The summed E-state index contributed by atoms with van der Waals surface area (Å²) in [7, 11) is 0. The summed E-state index contributed by atoms with van der Waals surface area (Å²) < 4.78 is 0. The van der Waals surface area contributed by atoms with Crippen molar-refractivity contribution in [3.8, 4) is 0 Å². The number of thioether (sulfide) groups is 1. The van der Waals surface area contributed by atoms with Crippen molar-refractivity contribution in [1.82, 2.24) is 0 Å². The van der Waals surface area contributed by atoms with Gasteiger partial charge in [-0.05, 0) is 23.8 Å². The Bertz CT molecular complexity index is 427. The van der Waals surface area contributed by atoms with Crippen LogP contribution in [0.2, 0.25) is 5.02 Å². The quantitative estimate of drug-likeness (QED) is 0.772. The van der Waals surface area contributed by atoms with Crippen LogP contribution >= 0.6 is 23.4 Å². The first-order valence-electron chi connectivity index (χ1n) is 4.67. The molecule has 2 nitrogen and oxygen atoms in total. The van der Waals surface area contributed by atoms with E-state index < -0.39 is 0 Å². The Labute approximate surface area is 104 Å². The lowest BCUT2D eigenvalue weighted by molar-refractivity contribution is -0.109. The molecule has 0 aliphatic carbocycles. The van der Waals surface area contributed by atoms with Crippen LogP contribution in [0.25, 0.3) is 6.08 Å². The fourth-order valence-electron chi connectivity index (χ4n) is 1.15. The zero-order chi connectivity index (χ0) is 12.0. The number of carbonyl (C=O) groups is 2. The number of rotatable bonds is 4. The van der Waals surface area contributed by atoms with Crippen molar-refractivity contribution in [3.05, 3.63) is 40.4 Å². The van der Waals surface area contributed by atoms with Crippen LogP contribution in [-0.4, -0.2) is 17.2 Å². The summed E-state index contributed by atoms with van der Waals surface area (Å²) in [5, 5.41) is 0.618. The first-order chi connectivity index (χ1) is 7.61. The van der Waals surface area contributed by atoms with Gasteiger partial charge in [0.2, 0.25) is 0 Å². The molecule has 0 bridgehead atoms. The molecule has 0 aliphatic heterocycles. The molecule has 0 amide bonds. The van der Waals surface area contributed by atoms with E-state index in [0.29, 0.717) is 16.3 Å². The van der Waals surface area contributed by atoms with Gasteiger partial charge in [0.15, 0.2) is 5.12 Å². The molecule has 0 spiro atoms. The highest BCUT2D eigenvalue weighted by molar-refractivity contribution is 8.13. The maximum Gasteiger partial charge on any atom is 0.186 e. The van der Waals surface area contributed by atoms with E-state index >= 15 is 0 Å². The summed E-state index contributed by atoms with van der Waals surface area (Å²) in [4.78, 5) is 21.3. The van der Waals surface area contributed by atoms with E-state index in [9.17, 15) is 9.59 Å². The number of hydrogen-bond donors (Lipinski definition) is 0. The van der Waals surface area contributed by atoms with E-state index in [0.717, 1.165) is 11.8 Å². The van der Waals surface area contributed by atoms with Gasteiger partial charge in [-0.3, -0.25) is 9.59 Å². The zero-order valence-corrected chi connectivity index (χ0v) is 10.3. The average Bonchev–Trinajstić information content (AvgIpc) is 2.23. The molecule has 1 aromatic carbocycles. The van der Waals surface area contributed by atoms with Gasteiger partial charge in [-0.15, -0.1) is 0 Å². The Morgan fingerprint density at radius 3 is 2.69 bits per heavy atom. The molecule has 0 N–H and O–H groups in total. The molecule has 0 atom stereocenters. The molecule has 0 saturated carbocycles. The molecule has 0 heterocycles. The molecule has 0 radical (unpaired) electrons. The van der Waals surface area contributed by atoms with Gasteiger partial charge in [0.25, 0.3) is 0 Å². The summed E-state index contributed by atoms with van der Waals surface area (Å²) in [5.74, 6) is 0.623. The number of carbonyl (C=O) groups excluding carboxylic acids is 2. The Balaban J connectivity index is 2.69. The second-order valence-corrected chi connectivity index (χ2v) is 4.77. The van der Waals surface area contributed by atoms with Gasteiger partial charge >= 0.3 is 0 Å². The Kier molecular flexibility index (Phi) is 5.29. The molecule has 16 heavy (non-hydrogen) atoms. The molecule has 0 aliphatic rings. The third-order valence-corrected chi connectivity index (χ3v) is 2.76. The fourth-order valence-corrected chi connectivity index (χ4v) is 1.83. The summed E-state index contributed by atoms with van der Waals surface area (Å²) in [6.45, 7) is 1.53. The van der Waals surface area contributed by atoms with Gasteiger partial charge in [0.05, 0.1) is 0 Å². The maximum atomic E-state index is 10.7. The zero-order valence-electron chi connectivity index (χ0n) is 8.77. The van der Waals surface area contributed by atoms with Crippen molar-refractivity contribution in [1.29, 1.82) is 0 Å². The molecule has 0 fully saturated rings. The summed E-state index contributed by atoms with van der Waals surface area (Å²) >= 11 is 7.08. The predicted octanol–water partition coefficient (Wildman–Crippen LogP) is 3.45. The van der Waals surface area contributed by atoms with E-state index in [1.807, 2.05) is 12.2 Å². The number of benzene rings is 1. The normalized spacial score (nSPS) is 10.6. The predicted molar refractivity (Wildman–Crippen MR) is 69.0 cm³/mol. The second-order valence-electron chi connectivity index (χ2n) is 3.14. The van der Waals surface area contributed by atoms with E-state index in [-0.39, 0.29) is 5.12 Å². The molecule has 84 valence electrons. The van der Waals surface area contributed by atoms with Crippen molar-refractivity contribution in [2.45, 2.75) is 6.92 Å². The van der Waals surface area contributed by atoms with E-state index in [1.165, 1.54) is 18.7 Å². The third-order valence-electron chi connectivity index (χ3n) is 1.77. The lowest BCUT2D eigenvalue weighted by Crippen LogP contribution is -1.83. The lowest BCUT2D eigenvalue weighted by Gasteiger charge is -1.97. The fraction of sp³-hybridized carbons (Fsp3) is 0.167. The van der Waals surface area contributed by atoms with Gasteiger partial charge < -0.3 is 0 Å². The highest BCUT2D eigenvalue weighted by Crippen LogP contribution is 2.15. The molecular weight excluding hydrogens is 244 g/mol. The Hall–Kier alpha value is -1.06. The standard InChI is InChI=1S/C12H11ClO2S/c1-9(15)16-4-2-3-10-5-11(8-14)7-12(13)6-10/h2-3,5-8H,4H2,1H3. The van der Waals surface area contributed by atoms with Crippen LogP contribution in [0.3, 0.4) is 0 Å². The van der Waals surface area contributed by atoms with Crippen molar-refractivity contribution >= 4 is 40.8 Å². The summed E-state index contributed by atoms with van der Waals surface area (Å²) in [6, 6.07) is 5.12. The van der Waals surface area contributed by atoms with Crippen molar-refractivity contribution in [3.63, 3.8) is 0 Å². The SMILES string of the molecule is CC(=O)SCC=Cc1cc(Cl)cc(C=O)c1. The van der Waals surface area contributed by atoms with Gasteiger partial charge in [0.1, 0.15) is 6.29 Å². The van der Waals surface area contributed by atoms with E-state index in [2.05, 4.69) is 0 Å². The molecule has 0 saturated heterocycles. The minimum absolute atomic E-state index is 0.0873. The van der Waals surface area contributed by atoms with E-state index in [1.54, 1.807) is 18.2 Å². The van der Waals surface area contributed by atoms with Gasteiger partial charge in [-0.1, -0.05) is 35.5 Å². The number of hydrogen-bond acceptors (Lipinski definition) is 3. The minimum Gasteiger partial charge on any atom is -0.298 e. The molecule has 0 unspecified atom stereocenters. The van der Waals surface area contributed by atoms with Crippen LogP contribution in [0.5, 0.6) is 0 Å². The highest BCUT2D eigenvalue weighted by Gasteiger charge is 1.96. The molecule has 4 heteroatoms. The first kappa shape index (κ1) is 13.0. The topological polar surface area (TPSA) is 34.1 Å². The first-order valence-corrected chi connectivity index (χ1v) is 6.04. The smallest absolute Gasteiger partial charge is 0.186 e. The monoisotopic (exact) mass is 254 g/mol. The van der Waals surface area contributed by atoms with Crippen LogP contribution < -0.4 is 0 Å². The number of aldehydes is 1. The van der Waals surface area contributed by atoms with Crippen molar-refractivity contribution in [2.75, 3.05) is 5.75 Å². The number of halogens is 1. The molecular formula is C12H11ClO2S. The highest BCUT2D eigenvalue weighted by atomic mass is 35.5. The van der Waals surface area contributed by atoms with Crippen LogP contribution in [0, 0.1) is 0 Å². The molecule has 1 aromatic rings. The Morgan fingerprint density at radius 2 is 2.06 bits per heavy atom. The van der Waals surface area contributed by atoms with Gasteiger partial charge in [-0.25, -0.2) is 0 Å². The van der Waals surface area contributed by atoms with Crippen molar-refractivity contribution < 1.29 is 9.59 Å². The molecule has 1 rings (SSSR count). The summed E-state index contributed by atoms with van der Waals surface area (Å²) in [5.41, 5.74) is 1.41. The van der Waals surface area contributed by atoms with Crippen LogP contribution in [0.1, 0.15) is 22.8 Å². The maximum absolute atomic E-state index is 10.7. The summed E-state index contributed by atoms with van der Waals surface area (Å²) in [6.07, 6.45) is 4.47. The molecule has 0 aromatic heterocycles. The minimum atomic E-state index is 0.0873. The second kappa shape index (κ2) is 6.51. The largest absolute Gasteiger partial charge is 0.298 e. The third kappa shape index (κ3) is 4.64. The van der Waals surface area contributed by atoms with E-state index in [4.69, 9.17) is 11.6 Å². The van der Waals surface area contributed by atoms with Crippen LogP contribution in [-0.2, 0) is 4.79 Å². The average molecular weight is 255 g/mol. The van der Waals surface area contributed by atoms with Gasteiger partial charge in [-0.2, -0.15) is 0 Å². The Morgan fingerprint density at radius 1 is 1.38 bits per heavy atom. The van der Waals surface area contributed by atoms with Gasteiger partial charge in [0, 0.05) is 23.3 Å².